The maximum absolute atomic E-state index is 13.4. The number of carbonyl (C=O) groups is 2. The number of hydrogen-bond acceptors (Lipinski definition) is 9. The highest BCUT2D eigenvalue weighted by Gasteiger charge is 2.38. The van der Waals surface area contributed by atoms with Crippen molar-refractivity contribution in [3.8, 4) is 0 Å². The Balaban J connectivity index is 1.41. The molecule has 0 bridgehead atoms. The number of allylic oxidation sites excluding steroid dienone is 2. The number of benzene rings is 2. The number of rotatable bonds is 9. The number of nitro groups is 1. The molecule has 1 N–H and O–H groups in total. The molecule has 2 aromatic carbocycles. The normalized spacial score (nSPS) is 18.0. The molecule has 1 atom stereocenters. The van der Waals surface area contributed by atoms with Crippen molar-refractivity contribution in [2.24, 2.45) is 0 Å². The van der Waals surface area contributed by atoms with E-state index in [9.17, 15) is 19.7 Å². The van der Waals surface area contributed by atoms with Gasteiger partial charge in [-0.1, -0.05) is 30.3 Å². The van der Waals surface area contributed by atoms with Crippen molar-refractivity contribution in [2.45, 2.75) is 26.2 Å². The Morgan fingerprint density at radius 2 is 1.64 bits per heavy atom. The van der Waals surface area contributed by atoms with E-state index in [1.807, 2.05) is 18.2 Å². The van der Waals surface area contributed by atoms with Crippen LogP contribution in [0, 0.1) is 10.1 Å². The summed E-state index contributed by atoms with van der Waals surface area (Å²) in [5, 5.41) is 14.5. The summed E-state index contributed by atoms with van der Waals surface area (Å²) in [4.78, 5) is 41.8. The van der Waals surface area contributed by atoms with E-state index in [1.54, 1.807) is 19.9 Å². The van der Waals surface area contributed by atoms with Gasteiger partial charge in [0.25, 0.3) is 5.69 Å². The van der Waals surface area contributed by atoms with E-state index >= 15 is 0 Å². The van der Waals surface area contributed by atoms with Crippen molar-refractivity contribution in [2.75, 3.05) is 51.3 Å². The van der Waals surface area contributed by atoms with E-state index in [2.05, 4.69) is 27.2 Å². The number of ether oxygens (including phenoxy) is 2. The van der Waals surface area contributed by atoms with E-state index in [0.29, 0.717) is 23.4 Å². The van der Waals surface area contributed by atoms with E-state index in [4.69, 9.17) is 9.47 Å². The first-order valence-electron chi connectivity index (χ1n) is 13.0. The van der Waals surface area contributed by atoms with E-state index in [1.165, 1.54) is 31.0 Å². The Morgan fingerprint density at radius 3 is 2.28 bits per heavy atom. The van der Waals surface area contributed by atoms with Crippen LogP contribution in [0.25, 0.3) is 0 Å². The third-order valence-electron chi connectivity index (χ3n) is 7.15. The maximum atomic E-state index is 13.4. The summed E-state index contributed by atoms with van der Waals surface area (Å²) < 4.78 is 10.7. The van der Waals surface area contributed by atoms with Crippen LogP contribution in [0.2, 0.25) is 0 Å². The van der Waals surface area contributed by atoms with Crippen LogP contribution < -0.4 is 10.2 Å². The molecular weight excluding hydrogens is 500 g/mol. The SMILES string of the molecule is COC(=O)C1=C(C)NC(C)=C(C(=O)OCCCN2CCN(c3ccccc3)CC2)C1c1cccc([N+](=O)[O-])c1. The number of hydrogen-bond donors (Lipinski definition) is 1. The molecular formula is C29H34N4O6. The van der Waals surface area contributed by atoms with Crippen molar-refractivity contribution in [1.29, 1.82) is 0 Å². The quantitative estimate of drug-likeness (QED) is 0.222. The van der Waals surface area contributed by atoms with Gasteiger partial charge in [0.15, 0.2) is 0 Å². The van der Waals surface area contributed by atoms with E-state index in [-0.39, 0.29) is 23.4 Å². The highest BCUT2D eigenvalue weighted by Crippen LogP contribution is 2.40. The third-order valence-corrected chi connectivity index (χ3v) is 7.15. The minimum atomic E-state index is -0.864. The number of carbonyl (C=O) groups excluding carboxylic acids is 2. The number of dihydropyridines is 1. The second-order valence-electron chi connectivity index (χ2n) is 9.63. The van der Waals surface area contributed by atoms with Crippen molar-refractivity contribution in [1.82, 2.24) is 10.2 Å². The van der Waals surface area contributed by atoms with Crippen LogP contribution in [0.15, 0.2) is 77.1 Å². The zero-order valence-electron chi connectivity index (χ0n) is 22.5. The largest absolute Gasteiger partial charge is 0.466 e. The number of nitro benzene ring substituents is 1. The fraction of sp³-hybridized carbons (Fsp3) is 0.379. The highest BCUT2D eigenvalue weighted by molar-refractivity contribution is 5.99. The molecule has 1 unspecified atom stereocenters. The number of methoxy groups -OCH3 is 1. The molecule has 39 heavy (non-hydrogen) atoms. The zero-order valence-corrected chi connectivity index (χ0v) is 22.5. The van der Waals surface area contributed by atoms with E-state index < -0.39 is 22.8 Å². The first-order chi connectivity index (χ1) is 18.8. The van der Waals surface area contributed by atoms with Gasteiger partial charge in [-0.2, -0.15) is 0 Å². The predicted octanol–water partition coefficient (Wildman–Crippen LogP) is 3.76. The average molecular weight is 535 g/mol. The molecule has 0 aliphatic carbocycles. The molecule has 2 aromatic rings. The first-order valence-corrected chi connectivity index (χ1v) is 13.0. The van der Waals surface area contributed by atoms with Crippen LogP contribution in [-0.4, -0.2) is 68.2 Å². The summed E-state index contributed by atoms with van der Waals surface area (Å²) in [6.07, 6.45) is 0.664. The van der Waals surface area contributed by atoms with Gasteiger partial charge in [-0.3, -0.25) is 15.0 Å². The molecule has 2 aliphatic rings. The molecule has 0 amide bonds. The summed E-state index contributed by atoms with van der Waals surface area (Å²) >= 11 is 0. The van der Waals surface area contributed by atoms with Gasteiger partial charge in [-0.05, 0) is 38.0 Å². The zero-order chi connectivity index (χ0) is 27.9. The Bertz CT molecular complexity index is 1280. The Labute approximate surface area is 228 Å². The lowest BCUT2D eigenvalue weighted by Crippen LogP contribution is -2.46. The number of nitrogens with one attached hydrogen (secondary N) is 1. The molecule has 1 fully saturated rings. The summed E-state index contributed by atoms with van der Waals surface area (Å²) in [5.74, 6) is -2.06. The number of non-ortho nitro benzene ring substituents is 1. The number of esters is 2. The molecule has 206 valence electrons. The average Bonchev–Trinajstić information content (AvgIpc) is 2.95. The van der Waals surface area contributed by atoms with Gasteiger partial charge in [0.2, 0.25) is 0 Å². The van der Waals surface area contributed by atoms with Gasteiger partial charge >= 0.3 is 11.9 Å². The molecule has 1 saturated heterocycles. The Morgan fingerprint density at radius 1 is 0.974 bits per heavy atom. The third kappa shape index (κ3) is 6.46. The lowest BCUT2D eigenvalue weighted by molar-refractivity contribution is -0.384. The van der Waals surface area contributed by atoms with Crippen molar-refractivity contribution in [3.05, 3.63) is 92.8 Å². The summed E-state index contributed by atoms with van der Waals surface area (Å²) in [5.41, 5.74) is 3.02. The monoisotopic (exact) mass is 534 g/mol. The van der Waals surface area contributed by atoms with Crippen LogP contribution in [0.5, 0.6) is 0 Å². The lowest BCUT2D eigenvalue weighted by Gasteiger charge is -2.36. The minimum Gasteiger partial charge on any atom is -0.466 e. The molecule has 10 nitrogen and oxygen atoms in total. The summed E-state index contributed by atoms with van der Waals surface area (Å²) in [7, 11) is 1.26. The second-order valence-corrected chi connectivity index (χ2v) is 9.63. The Kier molecular flexibility index (Phi) is 8.98. The van der Waals surface area contributed by atoms with Crippen LogP contribution in [-0.2, 0) is 19.1 Å². The molecule has 2 aliphatic heterocycles. The minimum absolute atomic E-state index is 0.134. The number of anilines is 1. The fourth-order valence-corrected chi connectivity index (χ4v) is 5.20. The van der Waals surface area contributed by atoms with Gasteiger partial charge in [0.1, 0.15) is 0 Å². The fourth-order valence-electron chi connectivity index (χ4n) is 5.20. The van der Waals surface area contributed by atoms with Crippen molar-refractivity contribution in [3.63, 3.8) is 0 Å². The van der Waals surface area contributed by atoms with Gasteiger partial charge < -0.3 is 19.7 Å². The first kappa shape index (κ1) is 27.8. The number of para-hydroxylation sites is 1. The van der Waals surface area contributed by atoms with Crippen LogP contribution in [0.4, 0.5) is 11.4 Å². The van der Waals surface area contributed by atoms with Gasteiger partial charge in [0.05, 0.1) is 35.7 Å². The van der Waals surface area contributed by atoms with Crippen LogP contribution in [0.1, 0.15) is 31.7 Å². The lowest BCUT2D eigenvalue weighted by atomic mass is 9.80. The topological polar surface area (TPSA) is 114 Å². The van der Waals surface area contributed by atoms with Crippen LogP contribution in [0.3, 0.4) is 0 Å². The molecule has 0 spiro atoms. The van der Waals surface area contributed by atoms with Crippen molar-refractivity contribution < 1.29 is 24.0 Å². The number of piperazine rings is 1. The molecule has 10 heteroatoms. The molecule has 2 heterocycles. The molecule has 0 saturated carbocycles. The van der Waals surface area contributed by atoms with Gasteiger partial charge in [-0.25, -0.2) is 9.59 Å². The highest BCUT2D eigenvalue weighted by atomic mass is 16.6. The predicted molar refractivity (Wildman–Crippen MR) is 147 cm³/mol. The standard InChI is InChI=1S/C29H34N4O6/c1-20-25(28(34)38-3)27(22-9-7-12-24(19-22)33(36)37)26(21(2)30-20)29(35)39-18-8-13-31-14-16-32(17-15-31)23-10-5-4-6-11-23/h4-7,9-12,19,27,30H,8,13-18H2,1-3H3. The maximum Gasteiger partial charge on any atom is 0.336 e. The van der Waals surface area contributed by atoms with Crippen molar-refractivity contribution >= 4 is 23.3 Å². The second kappa shape index (κ2) is 12.6. The molecule has 4 rings (SSSR count). The molecule has 0 radical (unpaired) electrons. The molecule has 0 aromatic heterocycles. The van der Waals surface area contributed by atoms with Gasteiger partial charge in [-0.15, -0.1) is 0 Å². The summed E-state index contributed by atoms with van der Waals surface area (Å²) in [6, 6.07) is 16.3. The van der Waals surface area contributed by atoms with Gasteiger partial charge in [0, 0.05) is 61.9 Å². The summed E-state index contributed by atoms with van der Waals surface area (Å²) in [6.45, 7) is 8.18. The Hall–Kier alpha value is -4.18. The number of nitrogens with zero attached hydrogens (tertiary/aromatic N) is 3. The van der Waals surface area contributed by atoms with E-state index in [0.717, 1.165) is 32.7 Å². The smallest absolute Gasteiger partial charge is 0.336 e. The van der Waals surface area contributed by atoms with Crippen LogP contribution >= 0.6 is 0 Å².